The highest BCUT2D eigenvalue weighted by Gasteiger charge is 2.36. The number of fused-ring (bicyclic) bond motifs is 1. The highest BCUT2D eigenvalue weighted by Crippen LogP contribution is 2.41. The first-order chi connectivity index (χ1) is 16.4. The van der Waals surface area contributed by atoms with Gasteiger partial charge in [-0.05, 0) is 43.2 Å². The molecule has 1 unspecified atom stereocenters. The predicted molar refractivity (Wildman–Crippen MR) is 137 cm³/mol. The van der Waals surface area contributed by atoms with Crippen LogP contribution in [-0.2, 0) is 15.3 Å². The summed E-state index contributed by atoms with van der Waals surface area (Å²) in [5.74, 6) is 1.39. The quantitative estimate of drug-likeness (QED) is 0.257. The summed E-state index contributed by atoms with van der Waals surface area (Å²) < 4.78 is 13.7. The fraction of sp³-hybridized carbons (Fsp3) is 0.292. The van der Waals surface area contributed by atoms with E-state index in [0.717, 1.165) is 22.0 Å². The second kappa shape index (κ2) is 10.8. The number of nitrogens with one attached hydrogen (secondary N) is 1. The number of hydrogen-bond acceptors (Lipinski definition) is 7. The number of carbonyl (C=O) groups excluding carboxylic acids is 1. The Labute approximate surface area is 216 Å². The minimum absolute atomic E-state index is 0.442. The molecule has 1 aliphatic rings. The van der Waals surface area contributed by atoms with E-state index in [9.17, 15) is 4.79 Å². The highest BCUT2D eigenvalue weighted by atomic mass is 79.9. The van der Waals surface area contributed by atoms with Gasteiger partial charge in [-0.15, -0.1) is 5.10 Å². The molecule has 1 aliphatic heterocycles. The summed E-state index contributed by atoms with van der Waals surface area (Å²) >= 11 is 11.3. The second-order valence-electron chi connectivity index (χ2n) is 7.63. The Morgan fingerprint density at radius 1 is 1.29 bits per heavy atom. The Morgan fingerprint density at radius 3 is 2.82 bits per heavy atom. The standard InChI is InChI=1S/C24H24BrClN4O3S/c1-4-11-33-19-10-9-16(25)12-17(19)21-20(22(31)32-3)14(2)27-23-28-24(29-30(21)23)34-13-15-7-5-6-8-18(15)26/h5-10,12,21H,4,11,13H2,1-3H3,(H,27,28,29). The number of aromatic nitrogens is 3. The molecular weight excluding hydrogens is 540 g/mol. The van der Waals surface area contributed by atoms with Crippen LogP contribution >= 0.6 is 39.3 Å². The van der Waals surface area contributed by atoms with Gasteiger partial charge in [-0.2, -0.15) is 4.98 Å². The molecule has 178 valence electrons. The molecule has 0 fully saturated rings. The molecule has 0 spiro atoms. The van der Waals surface area contributed by atoms with Gasteiger partial charge < -0.3 is 14.8 Å². The number of anilines is 1. The van der Waals surface area contributed by atoms with Crippen LogP contribution in [0, 0.1) is 0 Å². The third-order valence-electron chi connectivity index (χ3n) is 5.28. The molecule has 2 aromatic carbocycles. The first-order valence-electron chi connectivity index (χ1n) is 10.7. The van der Waals surface area contributed by atoms with Crippen LogP contribution in [0.3, 0.4) is 0 Å². The fourth-order valence-electron chi connectivity index (χ4n) is 3.69. The number of hydrogen-bond donors (Lipinski definition) is 1. The molecule has 4 rings (SSSR count). The summed E-state index contributed by atoms with van der Waals surface area (Å²) in [5.41, 5.74) is 2.89. The molecule has 2 heterocycles. The highest BCUT2D eigenvalue weighted by molar-refractivity contribution is 9.10. The molecule has 1 N–H and O–H groups in total. The Kier molecular flexibility index (Phi) is 7.85. The van der Waals surface area contributed by atoms with E-state index >= 15 is 0 Å². The van der Waals surface area contributed by atoms with Crippen molar-refractivity contribution in [3.8, 4) is 5.75 Å². The number of carbonyl (C=O) groups is 1. The fourth-order valence-corrected chi connectivity index (χ4v) is 5.18. The SMILES string of the molecule is CCCOc1ccc(Br)cc1C1C(C(=O)OC)=C(C)Nc2nc(SCc3ccccc3Cl)nn21. The minimum Gasteiger partial charge on any atom is -0.493 e. The van der Waals surface area contributed by atoms with Gasteiger partial charge in [0.05, 0.1) is 19.3 Å². The van der Waals surface area contributed by atoms with Gasteiger partial charge in [0.1, 0.15) is 11.8 Å². The van der Waals surface area contributed by atoms with Crippen LogP contribution in [-0.4, -0.2) is 34.5 Å². The topological polar surface area (TPSA) is 78.3 Å². The number of rotatable bonds is 8. The van der Waals surface area contributed by atoms with Gasteiger partial charge in [0, 0.05) is 26.5 Å². The first-order valence-corrected chi connectivity index (χ1v) is 12.9. The van der Waals surface area contributed by atoms with E-state index in [0.29, 0.717) is 45.5 Å². The van der Waals surface area contributed by atoms with E-state index in [4.69, 9.17) is 26.2 Å². The molecule has 0 bridgehead atoms. The molecule has 3 aromatic rings. The van der Waals surface area contributed by atoms with Gasteiger partial charge in [0.15, 0.2) is 0 Å². The van der Waals surface area contributed by atoms with Gasteiger partial charge in [0.25, 0.3) is 0 Å². The number of halogens is 2. The maximum atomic E-state index is 12.9. The van der Waals surface area contributed by atoms with Crippen molar-refractivity contribution in [2.45, 2.75) is 37.2 Å². The van der Waals surface area contributed by atoms with Crippen LogP contribution in [0.25, 0.3) is 0 Å². The maximum absolute atomic E-state index is 12.9. The lowest BCUT2D eigenvalue weighted by atomic mass is 9.95. The minimum atomic E-state index is -0.574. The second-order valence-corrected chi connectivity index (χ2v) is 9.90. The van der Waals surface area contributed by atoms with E-state index in [1.165, 1.54) is 18.9 Å². The molecule has 1 aromatic heterocycles. The number of thioether (sulfide) groups is 1. The lowest BCUT2D eigenvalue weighted by Gasteiger charge is -2.29. The summed E-state index contributed by atoms with van der Waals surface area (Å²) in [5, 5.41) is 9.23. The van der Waals surface area contributed by atoms with Crippen molar-refractivity contribution in [2.24, 2.45) is 0 Å². The zero-order chi connectivity index (χ0) is 24.2. The Bertz CT molecular complexity index is 1250. The van der Waals surface area contributed by atoms with E-state index in [1.807, 2.05) is 56.3 Å². The molecule has 34 heavy (non-hydrogen) atoms. The molecular formula is C24H24BrClN4O3S. The molecule has 0 aliphatic carbocycles. The Hall–Kier alpha value is -2.49. The molecule has 7 nitrogen and oxygen atoms in total. The van der Waals surface area contributed by atoms with E-state index in [-0.39, 0.29) is 0 Å². The number of esters is 1. The molecule has 1 atom stereocenters. The van der Waals surface area contributed by atoms with Crippen molar-refractivity contribution in [1.82, 2.24) is 14.8 Å². The van der Waals surface area contributed by atoms with Gasteiger partial charge >= 0.3 is 5.97 Å². The summed E-state index contributed by atoms with van der Waals surface area (Å²) in [7, 11) is 1.37. The molecule has 0 saturated heterocycles. The molecule has 0 saturated carbocycles. The third kappa shape index (κ3) is 5.11. The molecule has 10 heteroatoms. The van der Waals surface area contributed by atoms with Crippen LogP contribution < -0.4 is 10.1 Å². The average Bonchev–Trinajstić information content (AvgIpc) is 3.23. The maximum Gasteiger partial charge on any atom is 0.338 e. The predicted octanol–water partition coefficient (Wildman–Crippen LogP) is 6.24. The van der Waals surface area contributed by atoms with Crippen molar-refractivity contribution >= 4 is 51.2 Å². The zero-order valence-electron chi connectivity index (χ0n) is 19.0. The van der Waals surface area contributed by atoms with E-state index in [2.05, 4.69) is 26.2 Å². The Balaban J connectivity index is 1.76. The first kappa shape index (κ1) is 24.6. The average molecular weight is 564 g/mol. The monoisotopic (exact) mass is 562 g/mol. The van der Waals surface area contributed by atoms with Crippen molar-refractivity contribution in [1.29, 1.82) is 0 Å². The number of benzene rings is 2. The van der Waals surface area contributed by atoms with Gasteiger partial charge in [-0.3, -0.25) is 0 Å². The summed E-state index contributed by atoms with van der Waals surface area (Å²) in [6.45, 7) is 4.43. The number of nitrogens with zero attached hydrogens (tertiary/aromatic N) is 3. The number of ether oxygens (including phenoxy) is 2. The number of methoxy groups -OCH3 is 1. The van der Waals surface area contributed by atoms with Crippen molar-refractivity contribution in [3.05, 3.63) is 74.4 Å². The van der Waals surface area contributed by atoms with Crippen LogP contribution in [0.4, 0.5) is 5.95 Å². The lowest BCUT2D eigenvalue weighted by Crippen LogP contribution is -2.29. The largest absolute Gasteiger partial charge is 0.493 e. The summed E-state index contributed by atoms with van der Waals surface area (Å²) in [6, 6.07) is 12.9. The van der Waals surface area contributed by atoms with Crippen molar-refractivity contribution < 1.29 is 14.3 Å². The summed E-state index contributed by atoms with van der Waals surface area (Å²) in [4.78, 5) is 17.6. The van der Waals surface area contributed by atoms with Crippen LogP contribution in [0.15, 0.2) is 63.4 Å². The van der Waals surface area contributed by atoms with Crippen molar-refractivity contribution in [3.63, 3.8) is 0 Å². The van der Waals surface area contributed by atoms with Crippen LogP contribution in [0.2, 0.25) is 5.02 Å². The van der Waals surface area contributed by atoms with Gasteiger partial charge in [-0.1, -0.05) is 64.4 Å². The van der Waals surface area contributed by atoms with E-state index < -0.39 is 12.0 Å². The van der Waals surface area contributed by atoms with Gasteiger partial charge in [-0.25, -0.2) is 9.48 Å². The third-order valence-corrected chi connectivity index (χ3v) is 7.03. The van der Waals surface area contributed by atoms with Crippen molar-refractivity contribution in [2.75, 3.05) is 19.0 Å². The smallest absolute Gasteiger partial charge is 0.338 e. The lowest BCUT2D eigenvalue weighted by molar-refractivity contribution is -0.136. The van der Waals surface area contributed by atoms with E-state index in [1.54, 1.807) is 4.68 Å². The zero-order valence-corrected chi connectivity index (χ0v) is 22.1. The molecule has 0 amide bonds. The number of allylic oxidation sites excluding steroid dienone is 1. The summed E-state index contributed by atoms with van der Waals surface area (Å²) in [6.07, 6.45) is 0.859. The molecule has 0 radical (unpaired) electrons. The Morgan fingerprint density at radius 2 is 2.09 bits per heavy atom. The normalized spacial score (nSPS) is 15.0. The van der Waals surface area contributed by atoms with Crippen LogP contribution in [0.1, 0.15) is 37.4 Å². The van der Waals surface area contributed by atoms with Gasteiger partial charge in [0.2, 0.25) is 11.1 Å². The van der Waals surface area contributed by atoms with Crippen LogP contribution in [0.5, 0.6) is 5.75 Å².